The Morgan fingerprint density at radius 2 is 2.23 bits per heavy atom. The second kappa shape index (κ2) is 3.13. The van der Waals surface area contributed by atoms with E-state index in [1.165, 1.54) is 10.1 Å². The molecule has 0 aliphatic rings. The van der Waals surface area contributed by atoms with Crippen LogP contribution in [0.25, 0.3) is 10.1 Å². The Morgan fingerprint density at radius 1 is 1.46 bits per heavy atom. The molecule has 1 aromatic carbocycles. The van der Waals surface area contributed by atoms with Crippen LogP contribution >= 0.6 is 27.3 Å². The molecule has 0 bridgehead atoms. The van der Waals surface area contributed by atoms with Gasteiger partial charge in [-0.15, -0.1) is 11.3 Å². The molecule has 1 heterocycles. The van der Waals surface area contributed by atoms with Crippen LogP contribution in [0.4, 0.5) is 0 Å². The zero-order chi connectivity index (χ0) is 9.42. The van der Waals surface area contributed by atoms with Crippen molar-refractivity contribution in [1.29, 1.82) is 5.26 Å². The van der Waals surface area contributed by atoms with Crippen molar-refractivity contribution in [2.24, 2.45) is 0 Å². The van der Waals surface area contributed by atoms with Crippen molar-refractivity contribution in [3.05, 3.63) is 33.1 Å². The van der Waals surface area contributed by atoms with Crippen molar-refractivity contribution in [1.82, 2.24) is 0 Å². The van der Waals surface area contributed by atoms with Crippen LogP contribution in [0.3, 0.4) is 0 Å². The van der Waals surface area contributed by atoms with Crippen LogP contribution in [0, 0.1) is 18.3 Å². The van der Waals surface area contributed by atoms with E-state index in [-0.39, 0.29) is 0 Å². The first kappa shape index (κ1) is 8.74. The van der Waals surface area contributed by atoms with Gasteiger partial charge in [0.1, 0.15) is 0 Å². The highest BCUT2D eigenvalue weighted by atomic mass is 79.9. The first-order valence-electron chi connectivity index (χ1n) is 3.80. The van der Waals surface area contributed by atoms with Crippen LogP contribution in [-0.2, 0) is 0 Å². The molecule has 0 radical (unpaired) electrons. The third kappa shape index (κ3) is 1.27. The molecular formula is C10H6BrNS. The van der Waals surface area contributed by atoms with Crippen molar-refractivity contribution >= 4 is 37.4 Å². The first-order valence-corrected chi connectivity index (χ1v) is 5.47. The number of hydrogen-bond donors (Lipinski definition) is 0. The predicted octanol–water partition coefficient (Wildman–Crippen LogP) is 3.84. The molecule has 1 aromatic heterocycles. The Balaban J connectivity index is 2.93. The number of nitrogens with zero attached hydrogens (tertiary/aromatic N) is 1. The SMILES string of the molecule is Cc1c(C#N)ccc2scc(Br)c12. The minimum atomic E-state index is 0.756. The molecule has 0 N–H and O–H groups in total. The summed E-state index contributed by atoms with van der Waals surface area (Å²) in [6.07, 6.45) is 0. The summed E-state index contributed by atoms with van der Waals surface area (Å²) in [5, 5.41) is 12.1. The Morgan fingerprint density at radius 3 is 2.92 bits per heavy atom. The summed E-state index contributed by atoms with van der Waals surface area (Å²) in [4.78, 5) is 0. The molecule has 2 aromatic rings. The molecule has 0 atom stereocenters. The molecule has 0 spiro atoms. The minimum absolute atomic E-state index is 0.756. The van der Waals surface area contributed by atoms with Crippen molar-refractivity contribution in [3.8, 4) is 6.07 Å². The van der Waals surface area contributed by atoms with Gasteiger partial charge in [-0.3, -0.25) is 0 Å². The van der Waals surface area contributed by atoms with E-state index in [4.69, 9.17) is 5.26 Å². The number of fused-ring (bicyclic) bond motifs is 1. The largest absolute Gasteiger partial charge is 0.192 e. The normalized spacial score (nSPS) is 10.2. The third-order valence-corrected chi connectivity index (χ3v) is 3.95. The maximum atomic E-state index is 8.84. The van der Waals surface area contributed by atoms with E-state index in [1.807, 2.05) is 19.1 Å². The van der Waals surface area contributed by atoms with Gasteiger partial charge in [0.25, 0.3) is 0 Å². The Hall–Kier alpha value is -0.850. The second-order valence-corrected chi connectivity index (χ2v) is 4.57. The number of benzene rings is 1. The smallest absolute Gasteiger partial charge is 0.0994 e. The highest BCUT2D eigenvalue weighted by Gasteiger charge is 2.07. The molecule has 1 nitrogen and oxygen atoms in total. The van der Waals surface area contributed by atoms with Crippen LogP contribution in [0.5, 0.6) is 0 Å². The van der Waals surface area contributed by atoms with Gasteiger partial charge >= 0.3 is 0 Å². The molecular weight excluding hydrogens is 246 g/mol. The zero-order valence-electron chi connectivity index (χ0n) is 6.97. The molecule has 0 unspecified atom stereocenters. The summed E-state index contributed by atoms with van der Waals surface area (Å²) in [6, 6.07) is 6.06. The van der Waals surface area contributed by atoms with Gasteiger partial charge < -0.3 is 0 Å². The number of nitriles is 1. The van der Waals surface area contributed by atoms with Crippen LogP contribution in [-0.4, -0.2) is 0 Å². The van der Waals surface area contributed by atoms with E-state index < -0.39 is 0 Å². The second-order valence-electron chi connectivity index (χ2n) is 2.81. The fourth-order valence-electron chi connectivity index (χ4n) is 1.38. The third-order valence-electron chi connectivity index (χ3n) is 2.08. The highest BCUT2D eigenvalue weighted by Crippen LogP contribution is 2.33. The highest BCUT2D eigenvalue weighted by molar-refractivity contribution is 9.10. The summed E-state index contributed by atoms with van der Waals surface area (Å²) < 4.78 is 2.31. The van der Waals surface area contributed by atoms with E-state index in [0.717, 1.165) is 15.6 Å². The average Bonchev–Trinajstić information content (AvgIpc) is 2.49. The molecule has 2 rings (SSSR count). The van der Waals surface area contributed by atoms with Gasteiger partial charge in [0, 0.05) is 19.9 Å². The van der Waals surface area contributed by atoms with E-state index in [2.05, 4.69) is 27.4 Å². The van der Waals surface area contributed by atoms with E-state index in [0.29, 0.717) is 0 Å². The lowest BCUT2D eigenvalue weighted by Crippen LogP contribution is -1.81. The molecule has 13 heavy (non-hydrogen) atoms. The number of hydrogen-bond acceptors (Lipinski definition) is 2. The van der Waals surface area contributed by atoms with Crippen LogP contribution in [0.15, 0.2) is 22.0 Å². The van der Waals surface area contributed by atoms with Crippen molar-refractivity contribution < 1.29 is 0 Å². The predicted molar refractivity (Wildman–Crippen MR) is 59.0 cm³/mol. The number of thiophene rings is 1. The average molecular weight is 252 g/mol. The van der Waals surface area contributed by atoms with Gasteiger partial charge in [0.2, 0.25) is 0 Å². The van der Waals surface area contributed by atoms with E-state index in [1.54, 1.807) is 11.3 Å². The molecule has 0 amide bonds. The fourth-order valence-corrected chi connectivity index (χ4v) is 3.18. The minimum Gasteiger partial charge on any atom is -0.192 e. The lowest BCUT2D eigenvalue weighted by molar-refractivity contribution is 1.43. The van der Waals surface area contributed by atoms with E-state index in [9.17, 15) is 0 Å². The molecule has 0 saturated heterocycles. The monoisotopic (exact) mass is 251 g/mol. The zero-order valence-corrected chi connectivity index (χ0v) is 9.37. The summed E-state index contributed by atoms with van der Waals surface area (Å²) in [7, 11) is 0. The number of rotatable bonds is 0. The van der Waals surface area contributed by atoms with Gasteiger partial charge in [0.15, 0.2) is 0 Å². The molecule has 0 saturated carbocycles. The molecule has 0 aliphatic carbocycles. The summed E-state index contributed by atoms with van der Waals surface area (Å²) in [6.45, 7) is 1.98. The topological polar surface area (TPSA) is 23.8 Å². The molecule has 3 heteroatoms. The number of halogens is 1. The quantitative estimate of drug-likeness (QED) is 0.698. The Labute approximate surface area is 88.7 Å². The van der Waals surface area contributed by atoms with Crippen LogP contribution in [0.2, 0.25) is 0 Å². The van der Waals surface area contributed by atoms with Crippen LogP contribution < -0.4 is 0 Å². The van der Waals surface area contributed by atoms with Gasteiger partial charge in [-0.25, -0.2) is 0 Å². The Bertz CT molecular complexity index is 507. The molecule has 64 valence electrons. The summed E-state index contributed by atoms with van der Waals surface area (Å²) >= 11 is 5.17. The lowest BCUT2D eigenvalue weighted by atomic mass is 10.1. The van der Waals surface area contributed by atoms with Gasteiger partial charge in [-0.2, -0.15) is 5.26 Å². The Kier molecular flexibility index (Phi) is 2.10. The standard InChI is InChI=1S/C10H6BrNS/c1-6-7(4-12)2-3-9-10(6)8(11)5-13-9/h2-3,5H,1H3. The van der Waals surface area contributed by atoms with Crippen LogP contribution in [0.1, 0.15) is 11.1 Å². The number of aryl methyl sites for hydroxylation is 1. The van der Waals surface area contributed by atoms with Gasteiger partial charge in [-0.05, 0) is 40.5 Å². The first-order chi connectivity index (χ1) is 6.24. The van der Waals surface area contributed by atoms with Crippen molar-refractivity contribution in [3.63, 3.8) is 0 Å². The summed E-state index contributed by atoms with van der Waals surface area (Å²) in [5.74, 6) is 0. The van der Waals surface area contributed by atoms with Gasteiger partial charge in [0.05, 0.1) is 11.6 Å². The van der Waals surface area contributed by atoms with Gasteiger partial charge in [-0.1, -0.05) is 0 Å². The summed E-state index contributed by atoms with van der Waals surface area (Å²) in [5.41, 5.74) is 1.82. The van der Waals surface area contributed by atoms with Crippen molar-refractivity contribution in [2.75, 3.05) is 0 Å². The molecule has 0 fully saturated rings. The molecule has 0 aliphatic heterocycles. The fraction of sp³-hybridized carbons (Fsp3) is 0.100. The maximum absolute atomic E-state index is 8.84. The lowest BCUT2D eigenvalue weighted by Gasteiger charge is -1.99. The van der Waals surface area contributed by atoms with E-state index >= 15 is 0 Å². The maximum Gasteiger partial charge on any atom is 0.0994 e. The van der Waals surface area contributed by atoms with Crippen molar-refractivity contribution in [2.45, 2.75) is 6.92 Å².